The lowest BCUT2D eigenvalue weighted by atomic mass is 10.0. The Bertz CT molecular complexity index is 787. The van der Waals surface area contributed by atoms with Gasteiger partial charge in [-0.25, -0.2) is 9.49 Å². The molecule has 0 aliphatic carbocycles. The molecule has 7 heteroatoms. The second kappa shape index (κ2) is 5.41. The van der Waals surface area contributed by atoms with Crippen LogP contribution in [-0.2, 0) is 0 Å². The van der Waals surface area contributed by atoms with Gasteiger partial charge in [-0.2, -0.15) is 4.98 Å². The second-order valence-corrected chi connectivity index (χ2v) is 4.75. The van der Waals surface area contributed by atoms with Crippen molar-refractivity contribution >= 4 is 29.2 Å². The molecular weight excluding hydrogens is 293 g/mol. The van der Waals surface area contributed by atoms with Crippen molar-refractivity contribution in [3.63, 3.8) is 0 Å². The summed E-state index contributed by atoms with van der Waals surface area (Å²) in [6.07, 6.45) is 0. The van der Waals surface area contributed by atoms with Crippen LogP contribution in [0.4, 0.5) is 22.0 Å². The van der Waals surface area contributed by atoms with E-state index in [4.69, 9.17) is 17.3 Å². The number of nitrogens with one attached hydrogen (secondary N) is 2. The molecule has 0 saturated carbocycles. The maximum absolute atomic E-state index is 13.8. The molecule has 1 aromatic heterocycles. The Labute approximate surface area is 125 Å². The summed E-state index contributed by atoms with van der Waals surface area (Å²) in [5.41, 5.74) is 7.20. The van der Waals surface area contributed by atoms with Crippen molar-refractivity contribution in [2.24, 2.45) is 0 Å². The van der Waals surface area contributed by atoms with E-state index < -0.39 is 0 Å². The van der Waals surface area contributed by atoms with Crippen LogP contribution in [0.2, 0.25) is 5.02 Å². The average molecular weight is 304 g/mol. The number of halogens is 2. The Morgan fingerprint density at radius 3 is 2.62 bits per heavy atom. The summed E-state index contributed by atoms with van der Waals surface area (Å²) in [5, 5.41) is 9.75. The average Bonchev–Trinajstić information content (AvgIpc) is 2.85. The summed E-state index contributed by atoms with van der Waals surface area (Å²) in [6, 6.07) is 11.6. The molecule has 0 spiro atoms. The van der Waals surface area contributed by atoms with Crippen molar-refractivity contribution in [3.8, 4) is 11.1 Å². The minimum atomic E-state index is -0.318. The molecule has 0 fully saturated rings. The van der Waals surface area contributed by atoms with E-state index in [0.717, 1.165) is 0 Å². The van der Waals surface area contributed by atoms with Crippen molar-refractivity contribution in [1.29, 1.82) is 0 Å². The van der Waals surface area contributed by atoms with Gasteiger partial charge in [0.05, 0.1) is 5.02 Å². The molecule has 2 aromatic carbocycles. The highest BCUT2D eigenvalue weighted by molar-refractivity contribution is 6.33. The summed E-state index contributed by atoms with van der Waals surface area (Å²) in [5.74, 6) is 0.232. The van der Waals surface area contributed by atoms with Crippen molar-refractivity contribution in [2.45, 2.75) is 0 Å². The summed E-state index contributed by atoms with van der Waals surface area (Å²) in [6.45, 7) is 0. The number of hydrogen-bond acceptors (Lipinski definition) is 4. The quantitative estimate of drug-likeness (QED) is 0.691. The van der Waals surface area contributed by atoms with E-state index in [0.29, 0.717) is 27.8 Å². The molecule has 0 atom stereocenters. The standard InChI is InChI=1S/C14H11ClFN5/c15-11-7-8(18-14-19-13(17)20-21-14)5-6-9(11)10-3-1-2-4-12(10)16/h1-7H,(H4,17,18,19,20,21). The first-order chi connectivity index (χ1) is 10.1. The molecule has 3 aromatic rings. The smallest absolute Gasteiger partial charge is 0.248 e. The Morgan fingerprint density at radius 1 is 1.14 bits per heavy atom. The number of anilines is 3. The third kappa shape index (κ3) is 2.80. The molecule has 4 N–H and O–H groups in total. The number of aromatic amines is 1. The van der Waals surface area contributed by atoms with Gasteiger partial charge < -0.3 is 11.1 Å². The maximum atomic E-state index is 13.8. The molecule has 21 heavy (non-hydrogen) atoms. The number of rotatable bonds is 3. The van der Waals surface area contributed by atoms with Crippen LogP contribution in [0.25, 0.3) is 11.1 Å². The minimum Gasteiger partial charge on any atom is -0.368 e. The zero-order chi connectivity index (χ0) is 14.8. The van der Waals surface area contributed by atoms with E-state index in [9.17, 15) is 4.39 Å². The Morgan fingerprint density at radius 2 is 1.95 bits per heavy atom. The van der Waals surface area contributed by atoms with Gasteiger partial charge in [-0.15, -0.1) is 5.10 Å². The Hall–Kier alpha value is -2.60. The minimum absolute atomic E-state index is 0.214. The first-order valence-corrected chi connectivity index (χ1v) is 6.50. The Balaban J connectivity index is 1.91. The van der Waals surface area contributed by atoms with Crippen molar-refractivity contribution < 1.29 is 4.39 Å². The lowest BCUT2D eigenvalue weighted by Gasteiger charge is -2.08. The normalized spacial score (nSPS) is 10.6. The van der Waals surface area contributed by atoms with Crippen LogP contribution in [0.5, 0.6) is 0 Å². The highest BCUT2D eigenvalue weighted by Crippen LogP contribution is 2.32. The molecular formula is C14H11ClFN5. The van der Waals surface area contributed by atoms with Gasteiger partial charge in [-0.1, -0.05) is 35.9 Å². The zero-order valence-corrected chi connectivity index (χ0v) is 11.5. The molecule has 0 unspecified atom stereocenters. The number of aromatic nitrogens is 3. The lowest BCUT2D eigenvalue weighted by Crippen LogP contribution is -1.94. The topological polar surface area (TPSA) is 79.6 Å². The van der Waals surface area contributed by atoms with Crippen LogP contribution in [-0.4, -0.2) is 15.2 Å². The molecule has 0 aliphatic heterocycles. The fourth-order valence-electron chi connectivity index (χ4n) is 1.95. The summed E-state index contributed by atoms with van der Waals surface area (Å²) in [7, 11) is 0. The summed E-state index contributed by atoms with van der Waals surface area (Å²) < 4.78 is 13.8. The molecule has 106 valence electrons. The van der Waals surface area contributed by atoms with Crippen LogP contribution in [0.15, 0.2) is 42.5 Å². The Kier molecular flexibility index (Phi) is 3.45. The third-order valence-corrected chi connectivity index (χ3v) is 3.20. The van der Waals surface area contributed by atoms with Crippen LogP contribution in [0, 0.1) is 5.82 Å². The van der Waals surface area contributed by atoms with Gasteiger partial charge in [-0.3, -0.25) is 0 Å². The van der Waals surface area contributed by atoms with E-state index in [1.807, 2.05) is 0 Å². The van der Waals surface area contributed by atoms with Gasteiger partial charge in [0.15, 0.2) is 0 Å². The lowest BCUT2D eigenvalue weighted by molar-refractivity contribution is 0.631. The fourth-order valence-corrected chi connectivity index (χ4v) is 2.23. The first-order valence-electron chi connectivity index (χ1n) is 6.13. The zero-order valence-electron chi connectivity index (χ0n) is 10.8. The van der Waals surface area contributed by atoms with E-state index in [1.54, 1.807) is 36.4 Å². The van der Waals surface area contributed by atoms with Gasteiger partial charge in [0.1, 0.15) is 5.82 Å². The van der Waals surface area contributed by atoms with E-state index in [-0.39, 0.29) is 11.8 Å². The van der Waals surface area contributed by atoms with Gasteiger partial charge >= 0.3 is 0 Å². The van der Waals surface area contributed by atoms with Gasteiger partial charge in [0, 0.05) is 16.8 Å². The molecule has 0 radical (unpaired) electrons. The van der Waals surface area contributed by atoms with E-state index in [1.165, 1.54) is 6.07 Å². The number of nitrogens with two attached hydrogens (primary N) is 1. The number of nitrogen functional groups attached to an aromatic ring is 1. The highest BCUT2D eigenvalue weighted by atomic mass is 35.5. The summed E-state index contributed by atoms with van der Waals surface area (Å²) >= 11 is 6.23. The highest BCUT2D eigenvalue weighted by Gasteiger charge is 2.09. The van der Waals surface area contributed by atoms with Gasteiger partial charge in [-0.05, 0) is 18.2 Å². The van der Waals surface area contributed by atoms with Crippen LogP contribution in [0.1, 0.15) is 0 Å². The molecule has 0 aliphatic rings. The van der Waals surface area contributed by atoms with Crippen molar-refractivity contribution in [3.05, 3.63) is 53.3 Å². The molecule has 0 bridgehead atoms. The van der Waals surface area contributed by atoms with Crippen molar-refractivity contribution in [1.82, 2.24) is 15.2 Å². The third-order valence-electron chi connectivity index (χ3n) is 2.89. The predicted octanol–water partition coefficient (Wildman–Crippen LogP) is 3.59. The SMILES string of the molecule is Nc1nc(Nc2ccc(-c3ccccc3F)c(Cl)c2)n[nH]1. The number of benzene rings is 2. The molecule has 5 nitrogen and oxygen atoms in total. The number of nitrogens with zero attached hydrogens (tertiary/aromatic N) is 2. The first kappa shape index (κ1) is 13.4. The monoisotopic (exact) mass is 303 g/mol. The summed E-state index contributed by atoms with van der Waals surface area (Å²) in [4.78, 5) is 3.93. The molecule has 1 heterocycles. The van der Waals surface area contributed by atoms with Crippen LogP contribution >= 0.6 is 11.6 Å². The predicted molar refractivity (Wildman–Crippen MR) is 80.9 cm³/mol. The van der Waals surface area contributed by atoms with E-state index in [2.05, 4.69) is 20.5 Å². The van der Waals surface area contributed by atoms with E-state index >= 15 is 0 Å². The largest absolute Gasteiger partial charge is 0.368 e. The fraction of sp³-hybridized carbons (Fsp3) is 0. The van der Waals surface area contributed by atoms with Crippen LogP contribution in [0.3, 0.4) is 0 Å². The number of H-pyrrole nitrogens is 1. The molecule has 3 rings (SSSR count). The van der Waals surface area contributed by atoms with Crippen LogP contribution < -0.4 is 11.1 Å². The molecule has 0 saturated heterocycles. The van der Waals surface area contributed by atoms with Gasteiger partial charge in [0.2, 0.25) is 11.9 Å². The maximum Gasteiger partial charge on any atom is 0.248 e. The van der Waals surface area contributed by atoms with Crippen molar-refractivity contribution in [2.75, 3.05) is 11.1 Å². The second-order valence-electron chi connectivity index (χ2n) is 4.34. The molecule has 0 amide bonds. The number of hydrogen-bond donors (Lipinski definition) is 3. The van der Waals surface area contributed by atoms with Gasteiger partial charge in [0.25, 0.3) is 0 Å².